The Morgan fingerprint density at radius 3 is 2.94 bits per heavy atom. The molecule has 0 saturated heterocycles. The highest BCUT2D eigenvalue weighted by molar-refractivity contribution is 5.74. The van der Waals surface area contributed by atoms with Crippen molar-refractivity contribution in [2.75, 3.05) is 18.4 Å². The molecule has 1 heterocycles. The van der Waals surface area contributed by atoms with E-state index in [2.05, 4.69) is 30.4 Å². The van der Waals surface area contributed by atoms with Crippen molar-refractivity contribution >= 4 is 11.6 Å². The minimum Gasteiger partial charge on any atom is -0.380 e. The molecule has 0 aromatic heterocycles. The Kier molecular flexibility index (Phi) is 4.07. The van der Waals surface area contributed by atoms with Crippen LogP contribution in [-0.4, -0.2) is 30.0 Å². The van der Waals surface area contributed by atoms with E-state index in [1.54, 1.807) is 0 Å². The number of nitrogens with zero attached hydrogens (tertiary/aromatic N) is 1. The number of hydrogen-bond donors (Lipinski definition) is 3. The summed E-state index contributed by atoms with van der Waals surface area (Å²) < 4.78 is 0. The number of guanidine groups is 1. The molecule has 0 saturated carbocycles. The zero-order valence-corrected chi connectivity index (χ0v) is 10.9. The molecule has 1 aromatic rings. The Labute approximate surface area is 109 Å². The maximum absolute atomic E-state index is 7.63. The van der Waals surface area contributed by atoms with Gasteiger partial charge in [-0.05, 0) is 24.5 Å². The Bertz CT molecular complexity index is 391. The summed E-state index contributed by atoms with van der Waals surface area (Å²) in [4.78, 5) is 1.97. The van der Waals surface area contributed by atoms with E-state index >= 15 is 0 Å². The van der Waals surface area contributed by atoms with Crippen molar-refractivity contribution in [3.63, 3.8) is 0 Å². The van der Waals surface area contributed by atoms with Gasteiger partial charge in [0.2, 0.25) is 0 Å². The van der Waals surface area contributed by atoms with Gasteiger partial charge in [0, 0.05) is 24.8 Å². The van der Waals surface area contributed by atoms with Crippen LogP contribution in [0.15, 0.2) is 24.3 Å². The summed E-state index contributed by atoms with van der Waals surface area (Å²) in [5.41, 5.74) is 8.23. The summed E-state index contributed by atoms with van der Waals surface area (Å²) >= 11 is 0. The number of nitrogens with one attached hydrogen (secondary N) is 2. The minimum absolute atomic E-state index is 0.182. The first kappa shape index (κ1) is 12.7. The van der Waals surface area contributed by atoms with Gasteiger partial charge >= 0.3 is 0 Å². The van der Waals surface area contributed by atoms with Crippen LogP contribution >= 0.6 is 0 Å². The van der Waals surface area contributed by atoms with Gasteiger partial charge in [-0.1, -0.05) is 31.5 Å². The fourth-order valence-corrected chi connectivity index (χ4v) is 2.41. The van der Waals surface area contributed by atoms with Crippen LogP contribution in [0.2, 0.25) is 0 Å². The molecule has 1 aliphatic heterocycles. The van der Waals surface area contributed by atoms with Crippen molar-refractivity contribution in [2.24, 2.45) is 5.73 Å². The number of nitrogens with two attached hydrogens (primary N) is 1. The monoisotopic (exact) mass is 246 g/mol. The zero-order valence-electron chi connectivity index (χ0n) is 10.9. The second-order valence-corrected chi connectivity index (χ2v) is 4.89. The third kappa shape index (κ3) is 2.94. The van der Waals surface area contributed by atoms with Gasteiger partial charge < -0.3 is 16.0 Å². The molecule has 98 valence electrons. The van der Waals surface area contributed by atoms with Crippen LogP contribution in [-0.2, 0) is 6.42 Å². The van der Waals surface area contributed by atoms with E-state index in [1.807, 2.05) is 11.0 Å². The average Bonchev–Trinajstić information content (AvgIpc) is 2.76. The molecule has 0 bridgehead atoms. The van der Waals surface area contributed by atoms with Crippen LogP contribution in [0.1, 0.15) is 25.3 Å². The van der Waals surface area contributed by atoms with E-state index in [9.17, 15) is 0 Å². The summed E-state index contributed by atoms with van der Waals surface area (Å²) in [5.74, 6) is 0.182. The molecule has 18 heavy (non-hydrogen) atoms. The molecule has 1 unspecified atom stereocenters. The lowest BCUT2D eigenvalue weighted by atomic mass is 10.1. The predicted octanol–water partition coefficient (Wildman–Crippen LogP) is 2.02. The number of unbranched alkanes of at least 4 members (excludes halogenated alkanes) is 1. The molecule has 0 spiro atoms. The van der Waals surface area contributed by atoms with E-state index in [4.69, 9.17) is 11.1 Å². The van der Waals surface area contributed by atoms with Crippen molar-refractivity contribution in [1.29, 1.82) is 5.41 Å². The zero-order chi connectivity index (χ0) is 13.0. The molecule has 0 fully saturated rings. The molecule has 1 aliphatic rings. The molecular weight excluding hydrogens is 224 g/mol. The normalized spacial score (nSPS) is 17.1. The summed E-state index contributed by atoms with van der Waals surface area (Å²) in [6.07, 6.45) is 3.23. The van der Waals surface area contributed by atoms with Gasteiger partial charge in [0.15, 0.2) is 5.96 Å². The van der Waals surface area contributed by atoms with Crippen LogP contribution in [0.3, 0.4) is 0 Å². The van der Waals surface area contributed by atoms with Crippen LogP contribution in [0, 0.1) is 5.41 Å². The maximum atomic E-state index is 7.63. The van der Waals surface area contributed by atoms with Gasteiger partial charge in [0.1, 0.15) is 0 Å². The van der Waals surface area contributed by atoms with Crippen molar-refractivity contribution in [3.8, 4) is 0 Å². The van der Waals surface area contributed by atoms with Gasteiger partial charge in [0.05, 0.1) is 0 Å². The van der Waals surface area contributed by atoms with Crippen molar-refractivity contribution in [1.82, 2.24) is 4.90 Å². The van der Waals surface area contributed by atoms with E-state index in [-0.39, 0.29) is 5.96 Å². The molecule has 2 rings (SSSR count). The standard InChI is InChI=1S/C14H22N4/c1-2-3-8-18(14(15)16)10-12-9-11-6-4-5-7-13(11)17-12/h4-7,12,17H,2-3,8-10H2,1H3,(H3,15,16). The highest BCUT2D eigenvalue weighted by Gasteiger charge is 2.22. The summed E-state index contributed by atoms with van der Waals surface area (Å²) in [5, 5.41) is 11.1. The second-order valence-electron chi connectivity index (χ2n) is 4.89. The number of anilines is 1. The van der Waals surface area contributed by atoms with Crippen LogP contribution in [0.5, 0.6) is 0 Å². The van der Waals surface area contributed by atoms with Crippen molar-refractivity contribution in [3.05, 3.63) is 29.8 Å². The van der Waals surface area contributed by atoms with Gasteiger partial charge in [-0.3, -0.25) is 5.41 Å². The van der Waals surface area contributed by atoms with Gasteiger partial charge in [-0.25, -0.2) is 0 Å². The van der Waals surface area contributed by atoms with Crippen molar-refractivity contribution < 1.29 is 0 Å². The van der Waals surface area contributed by atoms with Crippen LogP contribution < -0.4 is 11.1 Å². The number of rotatable bonds is 5. The van der Waals surface area contributed by atoms with Crippen molar-refractivity contribution in [2.45, 2.75) is 32.2 Å². The average molecular weight is 246 g/mol. The lowest BCUT2D eigenvalue weighted by molar-refractivity contribution is 0.382. The van der Waals surface area contributed by atoms with E-state index in [1.165, 1.54) is 11.3 Å². The summed E-state index contributed by atoms with van der Waals surface area (Å²) in [6, 6.07) is 8.76. The minimum atomic E-state index is 0.182. The molecule has 1 atom stereocenters. The number of benzene rings is 1. The lowest BCUT2D eigenvalue weighted by Gasteiger charge is -2.26. The number of hydrogen-bond acceptors (Lipinski definition) is 2. The highest BCUT2D eigenvalue weighted by atomic mass is 15.2. The van der Waals surface area contributed by atoms with Gasteiger partial charge in [-0.2, -0.15) is 0 Å². The molecule has 0 aliphatic carbocycles. The van der Waals surface area contributed by atoms with Crippen LogP contribution in [0.4, 0.5) is 5.69 Å². The van der Waals surface area contributed by atoms with E-state index < -0.39 is 0 Å². The van der Waals surface area contributed by atoms with Crippen LogP contribution in [0.25, 0.3) is 0 Å². The fourth-order valence-electron chi connectivity index (χ4n) is 2.41. The Balaban J connectivity index is 1.92. The van der Waals surface area contributed by atoms with E-state index in [0.29, 0.717) is 6.04 Å². The van der Waals surface area contributed by atoms with Gasteiger partial charge in [-0.15, -0.1) is 0 Å². The molecule has 1 aromatic carbocycles. The largest absolute Gasteiger partial charge is 0.380 e. The lowest BCUT2D eigenvalue weighted by Crippen LogP contribution is -2.43. The summed E-state index contributed by atoms with van der Waals surface area (Å²) in [7, 11) is 0. The Hall–Kier alpha value is -1.71. The number of para-hydroxylation sites is 1. The highest BCUT2D eigenvalue weighted by Crippen LogP contribution is 2.25. The smallest absolute Gasteiger partial charge is 0.188 e. The first-order chi connectivity index (χ1) is 8.70. The Morgan fingerprint density at radius 1 is 1.50 bits per heavy atom. The third-order valence-electron chi connectivity index (χ3n) is 3.41. The SMILES string of the molecule is CCCCN(CC1Cc2ccccc2N1)C(=N)N. The first-order valence-corrected chi connectivity index (χ1v) is 6.64. The molecule has 0 radical (unpaired) electrons. The maximum Gasteiger partial charge on any atom is 0.188 e. The molecule has 4 nitrogen and oxygen atoms in total. The second kappa shape index (κ2) is 5.76. The fraction of sp³-hybridized carbons (Fsp3) is 0.500. The summed E-state index contributed by atoms with van der Waals surface area (Å²) in [6.45, 7) is 3.84. The molecule has 4 N–H and O–H groups in total. The molecule has 0 amide bonds. The third-order valence-corrected chi connectivity index (χ3v) is 3.41. The number of fused-ring (bicyclic) bond motifs is 1. The first-order valence-electron chi connectivity index (χ1n) is 6.64. The predicted molar refractivity (Wildman–Crippen MR) is 76.0 cm³/mol. The van der Waals surface area contributed by atoms with E-state index in [0.717, 1.165) is 32.4 Å². The molecular formula is C14H22N4. The van der Waals surface area contributed by atoms with Gasteiger partial charge in [0.25, 0.3) is 0 Å². The quantitative estimate of drug-likeness (QED) is 0.550. The topological polar surface area (TPSA) is 65.1 Å². The Morgan fingerprint density at radius 2 is 2.28 bits per heavy atom. The molecule has 4 heteroatoms.